The van der Waals surface area contributed by atoms with E-state index in [1.807, 2.05) is 29.9 Å². The van der Waals surface area contributed by atoms with Crippen molar-refractivity contribution in [3.8, 4) is 0 Å². The van der Waals surface area contributed by atoms with Crippen LogP contribution in [-0.2, 0) is 13.0 Å². The first-order valence-electron chi connectivity index (χ1n) is 9.90. The van der Waals surface area contributed by atoms with Crippen LogP contribution in [0, 0.1) is 0 Å². The van der Waals surface area contributed by atoms with Crippen LogP contribution in [0.1, 0.15) is 26.3 Å². The summed E-state index contributed by atoms with van der Waals surface area (Å²) >= 11 is 0. The van der Waals surface area contributed by atoms with E-state index in [2.05, 4.69) is 21.4 Å². The molecule has 176 valence electrons. The number of anilines is 4. The van der Waals surface area contributed by atoms with Crippen molar-refractivity contribution in [2.75, 3.05) is 36.1 Å². The van der Waals surface area contributed by atoms with E-state index < -0.39 is 0 Å². The monoisotopic (exact) mass is 510 g/mol. The molecule has 0 spiro atoms. The fourth-order valence-corrected chi connectivity index (χ4v) is 4.05. The summed E-state index contributed by atoms with van der Waals surface area (Å²) in [5.74, 6) is 1.23. The molecule has 2 aliphatic heterocycles. The molecule has 0 saturated carbocycles. The molecule has 1 aromatic heterocycles. The lowest BCUT2D eigenvalue weighted by Crippen LogP contribution is -2.34. The van der Waals surface area contributed by atoms with E-state index in [0.717, 1.165) is 48.7 Å². The largest absolute Gasteiger partial charge is 0.399 e. The van der Waals surface area contributed by atoms with Gasteiger partial charge in [0, 0.05) is 48.7 Å². The van der Waals surface area contributed by atoms with Crippen LogP contribution >= 0.6 is 37.2 Å². The van der Waals surface area contributed by atoms with Crippen LogP contribution in [0.4, 0.5) is 23.0 Å². The lowest BCUT2D eigenvalue weighted by atomic mass is 9.98. The standard InChI is InChI=1S/C22H22N6O2.3ClH/c1-26-8-7-14-12-17(5-6-18(14)22(26)30)27-9-10-28-20(27)13-19(25-28)24-21(29)15-3-2-4-16(23)11-15;;;/h2-6,11-13H,7-10,23H2,1H3,(H,24,25,29);3*1H. The summed E-state index contributed by atoms with van der Waals surface area (Å²) in [5, 5.41) is 7.36. The van der Waals surface area contributed by atoms with Gasteiger partial charge in [0.2, 0.25) is 0 Å². The number of nitrogens with zero attached hydrogens (tertiary/aromatic N) is 4. The van der Waals surface area contributed by atoms with Crippen molar-refractivity contribution in [3.63, 3.8) is 0 Å². The van der Waals surface area contributed by atoms with E-state index in [-0.39, 0.29) is 49.0 Å². The van der Waals surface area contributed by atoms with Gasteiger partial charge in [-0.1, -0.05) is 6.07 Å². The minimum absolute atomic E-state index is 0. The first-order valence-corrected chi connectivity index (χ1v) is 9.90. The molecule has 33 heavy (non-hydrogen) atoms. The average molecular weight is 512 g/mol. The van der Waals surface area contributed by atoms with Gasteiger partial charge in [0.15, 0.2) is 5.82 Å². The van der Waals surface area contributed by atoms with Crippen molar-refractivity contribution in [1.82, 2.24) is 14.7 Å². The van der Waals surface area contributed by atoms with Gasteiger partial charge in [-0.2, -0.15) is 5.10 Å². The molecule has 11 heteroatoms. The number of likely N-dealkylation sites (N-methyl/N-ethyl adjacent to an activating group) is 1. The number of hydrogen-bond acceptors (Lipinski definition) is 5. The Morgan fingerprint density at radius 3 is 2.58 bits per heavy atom. The summed E-state index contributed by atoms with van der Waals surface area (Å²) in [4.78, 5) is 28.7. The summed E-state index contributed by atoms with van der Waals surface area (Å²) in [6.07, 6.45) is 0.847. The number of nitrogens with two attached hydrogens (primary N) is 1. The van der Waals surface area contributed by atoms with Crippen molar-refractivity contribution in [2.24, 2.45) is 0 Å². The van der Waals surface area contributed by atoms with Gasteiger partial charge < -0.3 is 20.9 Å². The van der Waals surface area contributed by atoms with Gasteiger partial charge in [-0.05, 0) is 48.4 Å². The summed E-state index contributed by atoms with van der Waals surface area (Å²) < 4.78 is 1.88. The highest BCUT2D eigenvalue weighted by molar-refractivity contribution is 6.04. The average Bonchev–Trinajstić information content (AvgIpc) is 3.30. The smallest absolute Gasteiger partial charge is 0.256 e. The zero-order chi connectivity index (χ0) is 20.8. The number of rotatable bonds is 3. The number of amides is 2. The molecule has 2 amide bonds. The summed E-state index contributed by atoms with van der Waals surface area (Å²) in [7, 11) is 1.83. The van der Waals surface area contributed by atoms with Gasteiger partial charge >= 0.3 is 0 Å². The Bertz CT molecular complexity index is 1180. The second-order valence-corrected chi connectivity index (χ2v) is 7.66. The third-order valence-corrected chi connectivity index (χ3v) is 5.66. The van der Waals surface area contributed by atoms with Crippen molar-refractivity contribution in [1.29, 1.82) is 0 Å². The molecule has 0 saturated heterocycles. The number of aromatic nitrogens is 2. The second kappa shape index (κ2) is 10.3. The first-order chi connectivity index (χ1) is 14.5. The van der Waals surface area contributed by atoms with Gasteiger partial charge in [-0.15, -0.1) is 37.2 Å². The number of nitrogen functional groups attached to an aromatic ring is 1. The Labute approximate surface area is 210 Å². The van der Waals surface area contributed by atoms with Gasteiger partial charge in [0.05, 0.1) is 6.54 Å². The topological polar surface area (TPSA) is 96.5 Å². The molecule has 0 radical (unpaired) electrons. The highest BCUT2D eigenvalue weighted by Gasteiger charge is 2.26. The predicted molar refractivity (Wildman–Crippen MR) is 137 cm³/mol. The van der Waals surface area contributed by atoms with Crippen LogP contribution in [0.3, 0.4) is 0 Å². The molecule has 8 nitrogen and oxygen atoms in total. The molecular weight excluding hydrogens is 487 g/mol. The van der Waals surface area contributed by atoms with Gasteiger partial charge in [0.25, 0.3) is 11.8 Å². The molecule has 0 bridgehead atoms. The fourth-order valence-electron chi connectivity index (χ4n) is 4.05. The third-order valence-electron chi connectivity index (χ3n) is 5.66. The molecule has 3 heterocycles. The molecule has 3 N–H and O–H groups in total. The number of nitrogens with one attached hydrogen (secondary N) is 1. The highest BCUT2D eigenvalue weighted by atomic mass is 35.5. The third kappa shape index (κ3) is 4.88. The van der Waals surface area contributed by atoms with Crippen molar-refractivity contribution in [2.45, 2.75) is 13.0 Å². The van der Waals surface area contributed by atoms with E-state index in [4.69, 9.17) is 5.73 Å². The second-order valence-electron chi connectivity index (χ2n) is 7.66. The maximum Gasteiger partial charge on any atom is 0.256 e. The number of halogens is 3. The summed E-state index contributed by atoms with van der Waals surface area (Å²) in [6.45, 7) is 2.24. The van der Waals surface area contributed by atoms with Crippen LogP contribution in [0.2, 0.25) is 0 Å². The molecular formula is C22H25Cl3N6O2. The van der Waals surface area contributed by atoms with Crippen molar-refractivity contribution < 1.29 is 9.59 Å². The van der Waals surface area contributed by atoms with Gasteiger partial charge in [-0.25, -0.2) is 4.68 Å². The van der Waals surface area contributed by atoms with Crippen molar-refractivity contribution >= 4 is 72.0 Å². The molecule has 2 aliphatic rings. The predicted octanol–water partition coefficient (Wildman–Crippen LogP) is 3.76. The fraction of sp³-hybridized carbons (Fsp3) is 0.227. The molecule has 3 aromatic rings. The van der Waals surface area contributed by atoms with E-state index in [0.29, 0.717) is 17.1 Å². The normalized spacial score (nSPS) is 13.8. The Morgan fingerprint density at radius 1 is 1.03 bits per heavy atom. The van der Waals surface area contributed by atoms with Crippen LogP contribution in [0.25, 0.3) is 0 Å². The van der Waals surface area contributed by atoms with Gasteiger partial charge in [-0.3, -0.25) is 9.59 Å². The SMILES string of the molecule is CN1CCc2cc(N3CCn4nc(NC(=O)c5cccc(N)c5)cc43)ccc2C1=O.Cl.Cl.Cl. The van der Waals surface area contributed by atoms with E-state index in [1.165, 1.54) is 0 Å². The first kappa shape index (κ1) is 26.3. The van der Waals surface area contributed by atoms with E-state index >= 15 is 0 Å². The molecule has 5 rings (SSSR count). The Hall–Kier alpha value is -2.94. The lowest BCUT2D eigenvalue weighted by molar-refractivity contribution is 0.0780. The Morgan fingerprint density at radius 2 is 1.82 bits per heavy atom. The minimum Gasteiger partial charge on any atom is -0.399 e. The van der Waals surface area contributed by atoms with E-state index in [9.17, 15) is 9.59 Å². The van der Waals surface area contributed by atoms with Gasteiger partial charge in [0.1, 0.15) is 5.82 Å². The van der Waals surface area contributed by atoms with E-state index in [1.54, 1.807) is 29.2 Å². The van der Waals surface area contributed by atoms with Crippen molar-refractivity contribution in [3.05, 3.63) is 65.2 Å². The summed E-state index contributed by atoms with van der Waals surface area (Å²) in [6, 6.07) is 14.7. The number of fused-ring (bicyclic) bond motifs is 2. The lowest BCUT2D eigenvalue weighted by Gasteiger charge is -2.26. The number of hydrogen-bond donors (Lipinski definition) is 2. The Balaban J connectivity index is 0.00000128. The molecule has 0 fully saturated rings. The summed E-state index contributed by atoms with van der Waals surface area (Å²) in [5.41, 5.74) is 9.67. The number of carbonyl (C=O) groups excluding carboxylic acids is 2. The van der Waals surface area contributed by atoms with Crippen LogP contribution < -0.4 is 16.0 Å². The maximum atomic E-state index is 12.5. The minimum atomic E-state index is -0.248. The molecule has 0 unspecified atom stereocenters. The number of carbonyl (C=O) groups is 2. The zero-order valence-electron chi connectivity index (χ0n) is 17.9. The quantitative estimate of drug-likeness (QED) is 0.522. The highest BCUT2D eigenvalue weighted by Crippen LogP contribution is 2.34. The number of benzene rings is 2. The molecule has 2 aromatic carbocycles. The zero-order valence-corrected chi connectivity index (χ0v) is 20.3. The van der Waals surface area contributed by atoms with Crippen LogP contribution in [0.5, 0.6) is 0 Å². The van der Waals surface area contributed by atoms with Crippen LogP contribution in [-0.4, -0.2) is 46.6 Å². The Kier molecular flexibility index (Phi) is 8.24. The molecule has 0 aliphatic carbocycles. The molecule has 0 atom stereocenters. The van der Waals surface area contributed by atoms with Crippen LogP contribution in [0.15, 0.2) is 48.5 Å². The maximum absolute atomic E-state index is 12.5.